The average molecular weight is 184 g/mol. The van der Waals surface area contributed by atoms with E-state index in [1.54, 1.807) is 6.08 Å². The van der Waals surface area contributed by atoms with Gasteiger partial charge in [-0.3, -0.25) is 4.79 Å². The molecule has 0 bridgehead atoms. The molecule has 0 rings (SSSR count). The molecule has 0 unspecified atom stereocenters. The quantitative estimate of drug-likeness (QED) is 0.606. The Hall–Kier alpha value is -0.830. The van der Waals surface area contributed by atoms with Crippen molar-refractivity contribution < 1.29 is 4.79 Å². The normalized spacial score (nSPS) is 11.0. The molecule has 0 atom stereocenters. The minimum absolute atomic E-state index is 0.0416. The largest absolute Gasteiger partial charge is 0.352 e. The molecule has 0 radical (unpaired) electrons. The summed E-state index contributed by atoms with van der Waals surface area (Å²) in [4.78, 5) is 11.7. The van der Waals surface area contributed by atoms with E-state index in [0.717, 1.165) is 12.8 Å². The van der Waals surface area contributed by atoms with E-state index in [4.69, 9.17) is 5.73 Å². The van der Waals surface area contributed by atoms with E-state index in [9.17, 15) is 4.79 Å². The number of nitrogens with one attached hydrogen (secondary N) is 1. The third-order valence-corrected chi connectivity index (χ3v) is 2.63. The van der Waals surface area contributed by atoms with Crippen molar-refractivity contribution in [2.75, 3.05) is 13.1 Å². The molecule has 0 saturated carbocycles. The van der Waals surface area contributed by atoms with Gasteiger partial charge in [-0.2, -0.15) is 0 Å². The van der Waals surface area contributed by atoms with Crippen molar-refractivity contribution in [2.24, 2.45) is 11.1 Å². The van der Waals surface area contributed by atoms with Crippen LogP contribution in [0, 0.1) is 5.41 Å². The lowest BCUT2D eigenvalue weighted by Gasteiger charge is -2.28. The van der Waals surface area contributed by atoms with Crippen LogP contribution in [0.25, 0.3) is 0 Å². The maximum atomic E-state index is 11.7. The van der Waals surface area contributed by atoms with Crippen LogP contribution in [0.4, 0.5) is 0 Å². The molecule has 76 valence electrons. The first kappa shape index (κ1) is 12.2. The van der Waals surface area contributed by atoms with Crippen molar-refractivity contribution in [3.8, 4) is 0 Å². The number of amides is 1. The fourth-order valence-electron chi connectivity index (χ4n) is 1.30. The van der Waals surface area contributed by atoms with Gasteiger partial charge in [-0.05, 0) is 12.8 Å². The van der Waals surface area contributed by atoms with Crippen molar-refractivity contribution >= 4 is 5.91 Å². The van der Waals surface area contributed by atoms with Crippen LogP contribution < -0.4 is 11.1 Å². The summed E-state index contributed by atoms with van der Waals surface area (Å²) >= 11 is 0. The predicted octanol–water partition coefficient (Wildman–Crippen LogP) is 1.05. The van der Waals surface area contributed by atoms with Gasteiger partial charge in [-0.15, -0.1) is 6.58 Å². The molecule has 3 heteroatoms. The minimum Gasteiger partial charge on any atom is -0.352 e. The second-order valence-electron chi connectivity index (χ2n) is 3.19. The monoisotopic (exact) mass is 184 g/mol. The molecule has 3 nitrogen and oxygen atoms in total. The van der Waals surface area contributed by atoms with Gasteiger partial charge < -0.3 is 11.1 Å². The van der Waals surface area contributed by atoms with E-state index in [1.165, 1.54) is 0 Å². The highest BCUT2D eigenvalue weighted by Gasteiger charge is 2.32. The zero-order chi connectivity index (χ0) is 10.3. The first-order valence-electron chi connectivity index (χ1n) is 4.76. The summed E-state index contributed by atoms with van der Waals surface area (Å²) in [6, 6.07) is 0. The van der Waals surface area contributed by atoms with Crippen LogP contribution in [0.1, 0.15) is 26.7 Å². The summed E-state index contributed by atoms with van der Waals surface area (Å²) in [5.74, 6) is 0.0416. The Morgan fingerprint density at radius 1 is 1.54 bits per heavy atom. The number of rotatable bonds is 6. The first-order valence-corrected chi connectivity index (χ1v) is 4.76. The molecule has 0 aliphatic carbocycles. The lowest BCUT2D eigenvalue weighted by atomic mass is 9.81. The smallest absolute Gasteiger partial charge is 0.227 e. The lowest BCUT2D eigenvalue weighted by Crippen LogP contribution is -2.45. The molecule has 0 aromatic rings. The van der Waals surface area contributed by atoms with E-state index in [0.29, 0.717) is 13.1 Å². The van der Waals surface area contributed by atoms with Gasteiger partial charge in [-0.1, -0.05) is 19.9 Å². The molecule has 0 fully saturated rings. The van der Waals surface area contributed by atoms with Crippen molar-refractivity contribution in [2.45, 2.75) is 26.7 Å². The van der Waals surface area contributed by atoms with Crippen LogP contribution in [0.3, 0.4) is 0 Å². The molecule has 0 spiro atoms. The van der Waals surface area contributed by atoms with Crippen LogP contribution in [0.2, 0.25) is 0 Å². The Kier molecular flexibility index (Phi) is 5.39. The standard InChI is InChI=1S/C10H20N2O/c1-4-7-12-9(13)10(5-2,6-3)8-11/h4H,1,5-8,11H2,2-3H3,(H,12,13). The Morgan fingerprint density at radius 2 is 2.08 bits per heavy atom. The average Bonchev–Trinajstić information content (AvgIpc) is 2.18. The second-order valence-corrected chi connectivity index (χ2v) is 3.19. The highest BCUT2D eigenvalue weighted by atomic mass is 16.2. The molecule has 0 aromatic heterocycles. The minimum atomic E-state index is -0.386. The second kappa shape index (κ2) is 5.75. The Balaban J connectivity index is 4.34. The Morgan fingerprint density at radius 3 is 2.38 bits per heavy atom. The van der Waals surface area contributed by atoms with E-state index >= 15 is 0 Å². The van der Waals surface area contributed by atoms with Gasteiger partial charge >= 0.3 is 0 Å². The number of carbonyl (C=O) groups is 1. The lowest BCUT2D eigenvalue weighted by molar-refractivity contribution is -0.130. The SMILES string of the molecule is C=CCNC(=O)C(CC)(CC)CN. The summed E-state index contributed by atoms with van der Waals surface area (Å²) in [6.07, 6.45) is 3.23. The highest BCUT2D eigenvalue weighted by Crippen LogP contribution is 2.24. The van der Waals surface area contributed by atoms with Crippen molar-refractivity contribution in [1.29, 1.82) is 0 Å². The molecule has 0 aliphatic heterocycles. The fraction of sp³-hybridized carbons (Fsp3) is 0.700. The van der Waals surface area contributed by atoms with Crippen molar-refractivity contribution in [1.82, 2.24) is 5.32 Å². The number of hydrogen-bond donors (Lipinski definition) is 2. The third-order valence-electron chi connectivity index (χ3n) is 2.63. The molecule has 0 aromatic carbocycles. The maximum absolute atomic E-state index is 11.7. The van der Waals surface area contributed by atoms with Crippen LogP contribution in [0.5, 0.6) is 0 Å². The number of carbonyl (C=O) groups excluding carboxylic acids is 1. The zero-order valence-electron chi connectivity index (χ0n) is 8.60. The molecular formula is C10H20N2O. The van der Waals surface area contributed by atoms with Gasteiger partial charge in [0.1, 0.15) is 0 Å². The van der Waals surface area contributed by atoms with Crippen LogP contribution in [-0.2, 0) is 4.79 Å². The van der Waals surface area contributed by atoms with Crippen LogP contribution in [0.15, 0.2) is 12.7 Å². The van der Waals surface area contributed by atoms with Gasteiger partial charge in [0.25, 0.3) is 0 Å². The maximum Gasteiger partial charge on any atom is 0.227 e. The highest BCUT2D eigenvalue weighted by molar-refractivity contribution is 5.82. The Bertz CT molecular complexity index is 165. The van der Waals surface area contributed by atoms with Gasteiger partial charge in [0.05, 0.1) is 5.41 Å². The van der Waals surface area contributed by atoms with E-state index in [-0.39, 0.29) is 11.3 Å². The zero-order valence-corrected chi connectivity index (χ0v) is 8.60. The summed E-state index contributed by atoms with van der Waals surface area (Å²) in [6.45, 7) is 8.45. The number of hydrogen-bond acceptors (Lipinski definition) is 2. The van der Waals surface area contributed by atoms with Crippen LogP contribution >= 0.6 is 0 Å². The van der Waals surface area contributed by atoms with Crippen LogP contribution in [-0.4, -0.2) is 19.0 Å². The molecule has 1 amide bonds. The summed E-state index contributed by atoms with van der Waals surface area (Å²) in [7, 11) is 0. The van der Waals surface area contributed by atoms with Gasteiger partial charge in [0.15, 0.2) is 0 Å². The van der Waals surface area contributed by atoms with E-state index in [2.05, 4.69) is 11.9 Å². The summed E-state index contributed by atoms with van der Waals surface area (Å²) in [5, 5.41) is 2.79. The predicted molar refractivity (Wildman–Crippen MR) is 55.3 cm³/mol. The first-order chi connectivity index (χ1) is 6.16. The topological polar surface area (TPSA) is 55.1 Å². The summed E-state index contributed by atoms with van der Waals surface area (Å²) < 4.78 is 0. The molecule has 0 heterocycles. The van der Waals surface area contributed by atoms with Crippen molar-refractivity contribution in [3.63, 3.8) is 0 Å². The van der Waals surface area contributed by atoms with E-state index < -0.39 is 0 Å². The van der Waals surface area contributed by atoms with Gasteiger partial charge in [-0.25, -0.2) is 0 Å². The molecular weight excluding hydrogens is 164 g/mol. The van der Waals surface area contributed by atoms with Crippen molar-refractivity contribution in [3.05, 3.63) is 12.7 Å². The third kappa shape index (κ3) is 2.84. The van der Waals surface area contributed by atoms with E-state index in [1.807, 2.05) is 13.8 Å². The molecule has 0 saturated heterocycles. The molecule has 0 aliphatic rings. The Labute approximate surface area is 80.4 Å². The fourth-order valence-corrected chi connectivity index (χ4v) is 1.30. The summed E-state index contributed by atoms with van der Waals surface area (Å²) in [5.41, 5.74) is 5.23. The number of nitrogens with two attached hydrogens (primary N) is 1. The van der Waals surface area contributed by atoms with Gasteiger partial charge in [0, 0.05) is 13.1 Å². The van der Waals surface area contributed by atoms with Gasteiger partial charge in [0.2, 0.25) is 5.91 Å². The molecule has 3 N–H and O–H groups in total. The molecule has 13 heavy (non-hydrogen) atoms.